The first-order chi connectivity index (χ1) is 11.3. The zero-order valence-corrected chi connectivity index (χ0v) is 13.6. The van der Waals surface area contributed by atoms with E-state index in [2.05, 4.69) is 5.32 Å². The molecule has 1 N–H and O–H groups in total. The number of nitrogens with one attached hydrogen (secondary N) is 1. The molecule has 2 amide bonds. The summed E-state index contributed by atoms with van der Waals surface area (Å²) in [5, 5.41) is 2.83. The number of alkyl halides is 2. The Morgan fingerprint density at radius 1 is 1.17 bits per heavy atom. The van der Waals surface area contributed by atoms with Crippen LogP contribution in [0.2, 0.25) is 0 Å². The van der Waals surface area contributed by atoms with Crippen LogP contribution in [0.3, 0.4) is 0 Å². The van der Waals surface area contributed by atoms with Gasteiger partial charge in [0.2, 0.25) is 11.8 Å². The van der Waals surface area contributed by atoms with E-state index in [9.17, 15) is 18.4 Å². The van der Waals surface area contributed by atoms with Gasteiger partial charge in [0.05, 0.1) is 6.54 Å². The third-order valence-corrected chi connectivity index (χ3v) is 4.51. The topological polar surface area (TPSA) is 52.7 Å². The van der Waals surface area contributed by atoms with Crippen LogP contribution in [0.5, 0.6) is 0 Å². The Hall–Kier alpha value is -2.02. The summed E-state index contributed by atoms with van der Waals surface area (Å²) in [4.78, 5) is 27.4. The van der Waals surface area contributed by atoms with Crippen LogP contribution in [0.25, 0.3) is 0 Å². The molecule has 0 bridgehead atoms. The maximum atomic E-state index is 13.0. The van der Waals surface area contributed by atoms with E-state index in [1.54, 1.807) is 0 Å². The molecule has 24 heavy (non-hydrogen) atoms. The number of hydrogen-bond acceptors (Lipinski definition) is 3. The number of benzene rings is 1. The van der Waals surface area contributed by atoms with Crippen LogP contribution < -0.4 is 5.32 Å². The molecule has 1 aromatic carbocycles. The largest absolute Gasteiger partial charge is 0.340 e. The molecule has 1 unspecified atom stereocenters. The molecule has 1 atom stereocenters. The highest BCUT2D eigenvalue weighted by Crippen LogP contribution is 2.49. The van der Waals surface area contributed by atoms with Crippen LogP contribution in [0.1, 0.15) is 12.0 Å². The lowest BCUT2D eigenvalue weighted by molar-refractivity contribution is -0.136. The van der Waals surface area contributed by atoms with Gasteiger partial charge in [-0.25, -0.2) is 8.78 Å². The third kappa shape index (κ3) is 3.90. The maximum absolute atomic E-state index is 13.0. The number of nitrogens with zero attached hydrogens (tertiary/aromatic N) is 2. The number of rotatable bonds is 4. The van der Waals surface area contributed by atoms with Crippen LogP contribution in [-0.4, -0.2) is 60.3 Å². The van der Waals surface area contributed by atoms with E-state index in [0.29, 0.717) is 26.2 Å². The van der Waals surface area contributed by atoms with Crippen molar-refractivity contribution < 1.29 is 18.4 Å². The van der Waals surface area contributed by atoms with Gasteiger partial charge in [0.1, 0.15) is 5.92 Å². The summed E-state index contributed by atoms with van der Waals surface area (Å²) in [5.74, 6) is -4.52. The summed E-state index contributed by atoms with van der Waals surface area (Å²) >= 11 is 0. The van der Waals surface area contributed by atoms with E-state index in [-0.39, 0.29) is 18.9 Å². The summed E-state index contributed by atoms with van der Waals surface area (Å²) < 4.78 is 25.9. The van der Waals surface area contributed by atoms with Crippen molar-refractivity contribution >= 4 is 17.5 Å². The molecular formula is C17H21F2N3O2. The van der Waals surface area contributed by atoms with Gasteiger partial charge in [-0.1, -0.05) is 17.7 Å². The molecule has 0 radical (unpaired) electrons. The lowest BCUT2D eigenvalue weighted by Gasteiger charge is -2.34. The van der Waals surface area contributed by atoms with Crippen LogP contribution in [0, 0.1) is 12.8 Å². The lowest BCUT2D eigenvalue weighted by Crippen LogP contribution is -2.51. The normalized spacial score (nSPS) is 23.0. The number of aryl methyl sites for hydroxylation is 1. The molecule has 5 nitrogen and oxygen atoms in total. The molecule has 1 saturated heterocycles. The van der Waals surface area contributed by atoms with Crippen molar-refractivity contribution in [2.45, 2.75) is 19.3 Å². The van der Waals surface area contributed by atoms with E-state index in [1.807, 2.05) is 36.1 Å². The van der Waals surface area contributed by atoms with Crippen molar-refractivity contribution in [3.63, 3.8) is 0 Å². The quantitative estimate of drug-likeness (QED) is 0.910. The number of amides is 2. The number of halogens is 2. The molecule has 0 aromatic heterocycles. The molecule has 2 fully saturated rings. The number of anilines is 1. The fourth-order valence-electron chi connectivity index (χ4n) is 2.87. The van der Waals surface area contributed by atoms with E-state index < -0.39 is 17.7 Å². The second kappa shape index (κ2) is 6.47. The minimum absolute atomic E-state index is 0.118. The zero-order chi connectivity index (χ0) is 17.3. The molecule has 7 heteroatoms. The fourth-order valence-corrected chi connectivity index (χ4v) is 2.87. The molecule has 130 valence electrons. The van der Waals surface area contributed by atoms with Gasteiger partial charge in [-0.3, -0.25) is 14.5 Å². The van der Waals surface area contributed by atoms with Crippen LogP contribution >= 0.6 is 0 Å². The van der Waals surface area contributed by atoms with Gasteiger partial charge >= 0.3 is 0 Å². The molecule has 1 aliphatic heterocycles. The Kier molecular flexibility index (Phi) is 4.54. The highest BCUT2D eigenvalue weighted by molar-refractivity contribution is 5.92. The maximum Gasteiger partial charge on any atom is 0.260 e. The average molecular weight is 337 g/mol. The van der Waals surface area contributed by atoms with Crippen LogP contribution in [0.4, 0.5) is 14.5 Å². The number of carbonyl (C=O) groups is 2. The number of carbonyl (C=O) groups excluding carboxylic acids is 2. The highest BCUT2D eigenvalue weighted by Gasteiger charge is 2.62. The van der Waals surface area contributed by atoms with E-state index >= 15 is 0 Å². The summed E-state index contributed by atoms with van der Waals surface area (Å²) in [6, 6.07) is 7.54. The van der Waals surface area contributed by atoms with Gasteiger partial charge < -0.3 is 10.2 Å². The fraction of sp³-hybridized carbons (Fsp3) is 0.529. The minimum Gasteiger partial charge on any atom is -0.340 e. The first-order valence-corrected chi connectivity index (χ1v) is 8.11. The first kappa shape index (κ1) is 16.8. The molecule has 0 spiro atoms. The first-order valence-electron chi connectivity index (χ1n) is 8.11. The van der Waals surface area contributed by atoms with Crippen molar-refractivity contribution in [2.24, 2.45) is 5.92 Å². The van der Waals surface area contributed by atoms with E-state index in [4.69, 9.17) is 0 Å². The second-order valence-electron chi connectivity index (χ2n) is 6.53. The van der Waals surface area contributed by atoms with Crippen molar-refractivity contribution in [1.82, 2.24) is 9.80 Å². The summed E-state index contributed by atoms with van der Waals surface area (Å²) in [6.07, 6.45) is -0.328. The van der Waals surface area contributed by atoms with Crippen LogP contribution in [0.15, 0.2) is 24.3 Å². The van der Waals surface area contributed by atoms with Gasteiger partial charge in [0.25, 0.3) is 5.92 Å². The third-order valence-electron chi connectivity index (χ3n) is 4.51. The Morgan fingerprint density at radius 3 is 2.29 bits per heavy atom. The molecule has 1 aliphatic carbocycles. The Labute approximate surface area is 139 Å². The van der Waals surface area contributed by atoms with Crippen molar-refractivity contribution in [3.8, 4) is 0 Å². The predicted octanol–water partition coefficient (Wildman–Crippen LogP) is 1.73. The van der Waals surface area contributed by atoms with Gasteiger partial charge in [0, 0.05) is 38.3 Å². The van der Waals surface area contributed by atoms with Crippen molar-refractivity contribution in [1.29, 1.82) is 0 Å². The molecule has 1 saturated carbocycles. The van der Waals surface area contributed by atoms with Gasteiger partial charge in [0.15, 0.2) is 0 Å². The van der Waals surface area contributed by atoms with Crippen LogP contribution in [-0.2, 0) is 9.59 Å². The van der Waals surface area contributed by atoms with Gasteiger partial charge in [-0.15, -0.1) is 0 Å². The standard InChI is InChI=1S/C17H21F2N3O2/c1-12-2-4-13(5-3-12)20-15(23)11-21-6-8-22(9-7-21)16(24)14-10-17(14,18)19/h2-5,14H,6-11H2,1H3,(H,20,23). The second-order valence-corrected chi connectivity index (χ2v) is 6.53. The smallest absolute Gasteiger partial charge is 0.260 e. The molecule has 1 heterocycles. The van der Waals surface area contributed by atoms with Crippen molar-refractivity contribution in [3.05, 3.63) is 29.8 Å². The molecular weight excluding hydrogens is 316 g/mol. The van der Waals surface area contributed by atoms with E-state index in [1.165, 1.54) is 4.90 Å². The molecule has 3 rings (SSSR count). The monoisotopic (exact) mass is 337 g/mol. The lowest BCUT2D eigenvalue weighted by atomic mass is 10.2. The predicted molar refractivity (Wildman–Crippen MR) is 85.9 cm³/mol. The van der Waals surface area contributed by atoms with E-state index in [0.717, 1.165) is 11.3 Å². The highest BCUT2D eigenvalue weighted by atomic mass is 19.3. The number of hydrogen-bond donors (Lipinski definition) is 1. The van der Waals surface area contributed by atoms with Gasteiger partial charge in [-0.2, -0.15) is 0 Å². The average Bonchev–Trinajstić information content (AvgIpc) is 3.18. The Bertz CT molecular complexity index is 625. The Morgan fingerprint density at radius 2 is 1.75 bits per heavy atom. The molecule has 1 aromatic rings. The SMILES string of the molecule is Cc1ccc(NC(=O)CN2CCN(C(=O)C3CC3(F)F)CC2)cc1. The van der Waals surface area contributed by atoms with Crippen molar-refractivity contribution in [2.75, 3.05) is 38.0 Å². The Balaban J connectivity index is 1.43. The summed E-state index contributed by atoms with van der Waals surface area (Å²) in [5.41, 5.74) is 1.87. The minimum atomic E-state index is -2.82. The summed E-state index contributed by atoms with van der Waals surface area (Å²) in [7, 11) is 0. The molecule has 2 aliphatic rings. The zero-order valence-electron chi connectivity index (χ0n) is 13.6. The van der Waals surface area contributed by atoms with Gasteiger partial charge in [-0.05, 0) is 19.1 Å². The number of piperazine rings is 1. The summed E-state index contributed by atoms with van der Waals surface area (Å²) in [6.45, 7) is 4.03.